The molecule has 3 amide bonds. The number of likely N-dealkylation sites (tertiary alicyclic amines) is 1. The molecule has 190 valence electrons. The number of hydrogen-bond acceptors (Lipinski definition) is 5. The zero-order valence-electron chi connectivity index (χ0n) is 20.0. The summed E-state index contributed by atoms with van der Waals surface area (Å²) in [4.78, 5) is 27.6. The number of carbonyl (C=O) groups is 2. The number of ether oxygens (including phenoxy) is 1. The Labute approximate surface area is 213 Å². The van der Waals surface area contributed by atoms with Crippen LogP contribution in [0.1, 0.15) is 27.5 Å². The molecule has 1 aliphatic rings. The van der Waals surface area contributed by atoms with Gasteiger partial charge >= 0.3 is 6.03 Å². The van der Waals surface area contributed by atoms with E-state index in [1.165, 1.54) is 10.7 Å². The number of anilines is 1. The maximum absolute atomic E-state index is 13.8. The summed E-state index contributed by atoms with van der Waals surface area (Å²) < 4.78 is 20.5. The summed E-state index contributed by atoms with van der Waals surface area (Å²) in [6.45, 7) is 4.04. The van der Waals surface area contributed by atoms with Gasteiger partial charge in [0.2, 0.25) is 0 Å². The first kappa shape index (κ1) is 25.6. The number of halogens is 2. The molecule has 4 N–H and O–H groups in total. The van der Waals surface area contributed by atoms with Gasteiger partial charge in [-0.2, -0.15) is 5.10 Å². The predicted molar refractivity (Wildman–Crippen MR) is 135 cm³/mol. The van der Waals surface area contributed by atoms with Crippen LogP contribution in [0.2, 0.25) is 5.02 Å². The normalized spacial score (nSPS) is 17.8. The van der Waals surface area contributed by atoms with Crippen LogP contribution in [0, 0.1) is 12.7 Å². The van der Waals surface area contributed by atoms with Crippen molar-refractivity contribution in [3.8, 4) is 5.69 Å². The maximum atomic E-state index is 13.8. The van der Waals surface area contributed by atoms with Crippen LogP contribution in [0.15, 0.2) is 48.5 Å². The fraction of sp³-hybridized carbons (Fsp3) is 0.320. The summed E-state index contributed by atoms with van der Waals surface area (Å²) in [5, 5.41) is 10.2. The molecule has 1 saturated heterocycles. The predicted octanol–water partition coefficient (Wildman–Crippen LogP) is 3.31. The second-order valence-corrected chi connectivity index (χ2v) is 9.07. The van der Waals surface area contributed by atoms with Crippen molar-refractivity contribution in [3.63, 3.8) is 0 Å². The number of methoxy groups -OCH3 is 1. The molecular formula is C25H28ClFN6O3. The number of rotatable bonds is 8. The van der Waals surface area contributed by atoms with E-state index < -0.39 is 17.8 Å². The Morgan fingerprint density at radius 3 is 2.64 bits per heavy atom. The number of benzene rings is 2. The van der Waals surface area contributed by atoms with Crippen LogP contribution in [-0.4, -0.2) is 66.0 Å². The van der Waals surface area contributed by atoms with E-state index in [0.717, 1.165) is 5.56 Å². The Bertz CT molecular complexity index is 1250. The molecule has 0 saturated carbocycles. The molecule has 11 heteroatoms. The lowest BCUT2D eigenvalue weighted by Crippen LogP contribution is -2.42. The van der Waals surface area contributed by atoms with Crippen molar-refractivity contribution >= 4 is 29.4 Å². The van der Waals surface area contributed by atoms with Gasteiger partial charge in [0.1, 0.15) is 11.4 Å². The number of amides is 3. The maximum Gasteiger partial charge on any atom is 0.320 e. The van der Waals surface area contributed by atoms with E-state index in [9.17, 15) is 14.0 Å². The van der Waals surface area contributed by atoms with Crippen LogP contribution < -0.4 is 16.4 Å². The molecule has 9 nitrogen and oxygen atoms in total. The van der Waals surface area contributed by atoms with E-state index >= 15 is 0 Å². The number of carbonyl (C=O) groups excluding carboxylic acids is 2. The molecule has 3 aromatic rings. The summed E-state index contributed by atoms with van der Waals surface area (Å²) in [5.74, 6) is -1.16. The molecule has 0 aliphatic carbocycles. The Kier molecular flexibility index (Phi) is 7.88. The Morgan fingerprint density at radius 1 is 1.22 bits per heavy atom. The number of aryl methyl sites for hydroxylation is 1. The molecule has 0 bridgehead atoms. The molecule has 1 unspecified atom stereocenters. The molecule has 0 spiro atoms. The number of nitrogens with two attached hydrogens (primary N) is 1. The van der Waals surface area contributed by atoms with Gasteiger partial charge in [0, 0.05) is 32.7 Å². The van der Waals surface area contributed by atoms with Gasteiger partial charge in [-0.3, -0.25) is 15.0 Å². The highest BCUT2D eigenvalue weighted by molar-refractivity contribution is 6.30. The van der Waals surface area contributed by atoms with E-state index in [2.05, 4.69) is 20.6 Å². The highest BCUT2D eigenvalue weighted by atomic mass is 35.5. The number of primary amides is 1. The second-order valence-electron chi connectivity index (χ2n) is 8.66. The van der Waals surface area contributed by atoms with Crippen LogP contribution in [0.4, 0.5) is 15.0 Å². The van der Waals surface area contributed by atoms with Crippen molar-refractivity contribution in [1.82, 2.24) is 20.0 Å². The van der Waals surface area contributed by atoms with Crippen molar-refractivity contribution in [2.24, 2.45) is 5.73 Å². The van der Waals surface area contributed by atoms with Crippen LogP contribution in [0.5, 0.6) is 0 Å². The van der Waals surface area contributed by atoms with E-state index in [-0.39, 0.29) is 28.4 Å². The van der Waals surface area contributed by atoms with Gasteiger partial charge in [0.05, 0.1) is 29.1 Å². The Morgan fingerprint density at radius 2 is 1.97 bits per heavy atom. The standard InChI is InChI=1S/C25H28ClFN6O3/c1-15-22(23(28)34)24(33(31-15)17-6-4-3-5-7-17)30-25(35)29-21-14-32(10-11-36-2)13-18(21)16-8-9-20(27)19(26)12-16/h3-9,12,18,21H,10-11,13-14H2,1-2H3,(H2,28,34)(H2,29,30,35)/t18?,21-/m1/s1. The van der Waals surface area contributed by atoms with Crippen LogP contribution >= 0.6 is 11.6 Å². The average molecular weight is 515 g/mol. The molecule has 36 heavy (non-hydrogen) atoms. The number of nitrogens with one attached hydrogen (secondary N) is 2. The third kappa shape index (κ3) is 5.51. The molecular weight excluding hydrogens is 487 g/mol. The van der Waals surface area contributed by atoms with Gasteiger partial charge in [0.15, 0.2) is 5.82 Å². The smallest absolute Gasteiger partial charge is 0.320 e. The van der Waals surface area contributed by atoms with E-state index in [1.807, 2.05) is 18.2 Å². The minimum absolute atomic E-state index is 0.0272. The Balaban J connectivity index is 1.59. The average Bonchev–Trinajstić information content (AvgIpc) is 3.40. The van der Waals surface area contributed by atoms with Gasteiger partial charge in [-0.25, -0.2) is 13.9 Å². The monoisotopic (exact) mass is 514 g/mol. The van der Waals surface area contributed by atoms with E-state index in [0.29, 0.717) is 37.6 Å². The van der Waals surface area contributed by atoms with Crippen LogP contribution in [0.3, 0.4) is 0 Å². The number of para-hydroxylation sites is 1. The molecule has 1 aromatic heterocycles. The number of hydrogen-bond donors (Lipinski definition) is 3. The van der Waals surface area contributed by atoms with Crippen molar-refractivity contribution in [1.29, 1.82) is 0 Å². The lowest BCUT2D eigenvalue weighted by molar-refractivity contribution is 0.100. The van der Waals surface area contributed by atoms with Crippen molar-refractivity contribution in [2.45, 2.75) is 18.9 Å². The van der Waals surface area contributed by atoms with Crippen molar-refractivity contribution in [2.75, 3.05) is 38.7 Å². The highest BCUT2D eigenvalue weighted by Gasteiger charge is 2.35. The molecule has 1 aliphatic heterocycles. The molecule has 2 heterocycles. The van der Waals surface area contributed by atoms with Crippen LogP contribution in [0.25, 0.3) is 5.69 Å². The zero-order valence-corrected chi connectivity index (χ0v) is 20.8. The molecule has 1 fully saturated rings. The van der Waals surface area contributed by atoms with Crippen LogP contribution in [-0.2, 0) is 4.74 Å². The van der Waals surface area contributed by atoms with Gasteiger partial charge in [-0.05, 0) is 36.8 Å². The largest absolute Gasteiger partial charge is 0.383 e. The van der Waals surface area contributed by atoms with Crippen molar-refractivity contribution in [3.05, 3.63) is 76.2 Å². The number of aromatic nitrogens is 2. The topological polar surface area (TPSA) is 115 Å². The zero-order chi connectivity index (χ0) is 25.8. The quantitative estimate of drug-likeness (QED) is 0.426. The Hall–Kier alpha value is -3.47. The second kappa shape index (κ2) is 11.1. The van der Waals surface area contributed by atoms with Crippen molar-refractivity contribution < 1.29 is 18.7 Å². The summed E-state index contributed by atoms with van der Waals surface area (Å²) in [7, 11) is 1.63. The fourth-order valence-corrected chi connectivity index (χ4v) is 4.71. The van der Waals surface area contributed by atoms with E-state index in [4.69, 9.17) is 22.1 Å². The fourth-order valence-electron chi connectivity index (χ4n) is 4.52. The minimum atomic E-state index is -0.699. The first-order chi connectivity index (χ1) is 17.3. The third-order valence-corrected chi connectivity index (χ3v) is 6.52. The highest BCUT2D eigenvalue weighted by Crippen LogP contribution is 2.31. The molecule has 4 rings (SSSR count). The van der Waals surface area contributed by atoms with Gasteiger partial charge < -0.3 is 15.8 Å². The third-order valence-electron chi connectivity index (χ3n) is 6.23. The minimum Gasteiger partial charge on any atom is -0.383 e. The summed E-state index contributed by atoms with van der Waals surface area (Å²) in [6.07, 6.45) is 0. The summed E-state index contributed by atoms with van der Waals surface area (Å²) in [6, 6.07) is 12.9. The first-order valence-corrected chi connectivity index (χ1v) is 11.8. The molecule has 2 aromatic carbocycles. The SMILES string of the molecule is COCCN1CC(c2ccc(F)c(Cl)c2)[C@H](NC(=O)Nc2c(C(N)=O)c(C)nn2-c2ccccc2)C1. The first-order valence-electron chi connectivity index (χ1n) is 11.5. The lowest BCUT2D eigenvalue weighted by atomic mass is 9.94. The van der Waals surface area contributed by atoms with Gasteiger partial charge in [-0.15, -0.1) is 0 Å². The number of nitrogens with zero attached hydrogens (tertiary/aromatic N) is 3. The summed E-state index contributed by atoms with van der Waals surface area (Å²) >= 11 is 6.04. The lowest BCUT2D eigenvalue weighted by Gasteiger charge is -2.21. The van der Waals surface area contributed by atoms with Gasteiger partial charge in [0.25, 0.3) is 5.91 Å². The van der Waals surface area contributed by atoms with Gasteiger partial charge in [-0.1, -0.05) is 35.9 Å². The number of urea groups is 1. The van der Waals surface area contributed by atoms with E-state index in [1.54, 1.807) is 38.3 Å². The molecule has 2 atom stereocenters. The molecule has 0 radical (unpaired) electrons. The summed E-state index contributed by atoms with van der Waals surface area (Å²) in [5.41, 5.74) is 7.61.